The van der Waals surface area contributed by atoms with Crippen LogP contribution in [-0.2, 0) is 27.5 Å². The highest BCUT2D eigenvalue weighted by molar-refractivity contribution is 6.38. The molecule has 10 heteroatoms. The first kappa shape index (κ1) is 27.2. The quantitative estimate of drug-likeness (QED) is 0.282. The zero-order valence-electron chi connectivity index (χ0n) is 21.9. The topological polar surface area (TPSA) is 108 Å². The number of carbonyl (C=O) groups is 1. The Kier molecular flexibility index (Phi) is 7.58. The van der Waals surface area contributed by atoms with Crippen molar-refractivity contribution in [3.05, 3.63) is 63.3 Å². The molecule has 208 valence electrons. The highest BCUT2D eigenvalue weighted by atomic mass is 35.5. The van der Waals surface area contributed by atoms with Gasteiger partial charge in [0, 0.05) is 46.6 Å². The number of hydrogen-bond acceptors (Lipinski definition) is 7. The van der Waals surface area contributed by atoms with Crippen LogP contribution in [0.15, 0.2) is 35.2 Å². The van der Waals surface area contributed by atoms with Gasteiger partial charge in [-0.3, -0.25) is 9.97 Å². The lowest BCUT2D eigenvalue weighted by Gasteiger charge is -2.51. The molecular weight excluding hydrogens is 553 g/mol. The Bertz CT molecular complexity index is 1430. The summed E-state index contributed by atoms with van der Waals surface area (Å²) in [7, 11) is 0. The summed E-state index contributed by atoms with van der Waals surface area (Å²) in [6, 6.07) is 3.73. The van der Waals surface area contributed by atoms with Crippen molar-refractivity contribution in [2.75, 3.05) is 6.61 Å². The largest absolute Gasteiger partial charge is 0.480 e. The molecule has 0 aromatic carbocycles. The fraction of sp³-hybridized carbons (Fsp3) is 0.467. The average molecular weight is 582 g/mol. The van der Waals surface area contributed by atoms with E-state index in [-0.39, 0.29) is 24.2 Å². The highest BCUT2D eigenvalue weighted by Gasteiger charge is 2.49. The van der Waals surface area contributed by atoms with Crippen molar-refractivity contribution in [2.45, 2.75) is 76.1 Å². The van der Waals surface area contributed by atoms with Crippen LogP contribution in [0.3, 0.4) is 0 Å². The number of nitrogens with zero attached hydrogens (tertiary/aromatic N) is 3. The molecule has 0 saturated heterocycles. The van der Waals surface area contributed by atoms with Crippen molar-refractivity contribution in [3.8, 4) is 23.1 Å². The van der Waals surface area contributed by atoms with Crippen molar-refractivity contribution < 1.29 is 23.9 Å². The minimum atomic E-state index is -0.998. The van der Waals surface area contributed by atoms with Crippen LogP contribution in [0.25, 0.3) is 11.3 Å². The van der Waals surface area contributed by atoms with Crippen molar-refractivity contribution in [1.82, 2.24) is 15.1 Å². The molecule has 3 aromatic heterocycles. The Morgan fingerprint density at radius 2 is 1.77 bits per heavy atom. The summed E-state index contributed by atoms with van der Waals surface area (Å²) in [6.45, 7) is 0.228. The smallest absolute Gasteiger partial charge is 0.329 e. The standard InChI is InChI=1S/C30H29Cl2N3O5/c31-23-14-33-15-24(32)26(23)27-22(28(40-35-27)20-2-3-20)17-39-30-10-7-29(8-11-30,9-12-30)6-5-19-1-4-21(34-13-19)16-38-18-25(36)37/h1,4,13-15,20H,2-3,7-12,16-18H2,(H,36,37). The molecule has 8 nitrogen and oxygen atoms in total. The fourth-order valence-electron chi connectivity index (χ4n) is 5.77. The molecule has 0 atom stereocenters. The third-order valence-electron chi connectivity index (χ3n) is 8.33. The number of pyridine rings is 2. The van der Waals surface area contributed by atoms with Crippen molar-refractivity contribution in [3.63, 3.8) is 0 Å². The molecule has 7 rings (SSSR count). The molecule has 40 heavy (non-hydrogen) atoms. The minimum absolute atomic E-state index is 0.00595. The lowest BCUT2D eigenvalue weighted by molar-refractivity contribution is -0.142. The Hall–Kier alpha value is -2.96. The predicted molar refractivity (Wildman–Crippen MR) is 148 cm³/mol. The molecule has 0 spiro atoms. The molecule has 4 aliphatic carbocycles. The molecule has 3 heterocycles. The van der Waals surface area contributed by atoms with Crippen LogP contribution >= 0.6 is 23.2 Å². The van der Waals surface area contributed by atoms with Crippen LogP contribution in [0.1, 0.15) is 79.9 Å². The first-order valence-corrected chi connectivity index (χ1v) is 14.3. The van der Waals surface area contributed by atoms with Gasteiger partial charge in [-0.15, -0.1) is 0 Å². The van der Waals surface area contributed by atoms with E-state index in [2.05, 4.69) is 27.0 Å². The molecular formula is C30H29Cl2N3O5. The molecule has 2 bridgehead atoms. The molecule has 0 radical (unpaired) electrons. The number of rotatable bonds is 9. The minimum Gasteiger partial charge on any atom is -0.480 e. The van der Waals surface area contributed by atoms with E-state index >= 15 is 0 Å². The van der Waals surface area contributed by atoms with Gasteiger partial charge in [-0.2, -0.15) is 0 Å². The summed E-state index contributed by atoms with van der Waals surface area (Å²) in [5.74, 6) is 7.15. The van der Waals surface area contributed by atoms with Gasteiger partial charge in [-0.05, 0) is 63.5 Å². The van der Waals surface area contributed by atoms with Crippen LogP contribution in [0.2, 0.25) is 10.0 Å². The van der Waals surface area contributed by atoms with E-state index in [9.17, 15) is 4.79 Å². The average Bonchev–Trinajstić information content (AvgIpc) is 3.72. The molecule has 4 aliphatic rings. The Labute approximate surface area is 242 Å². The van der Waals surface area contributed by atoms with E-state index < -0.39 is 5.97 Å². The molecule has 4 saturated carbocycles. The van der Waals surface area contributed by atoms with Crippen LogP contribution in [0, 0.1) is 17.3 Å². The molecule has 1 N–H and O–H groups in total. The van der Waals surface area contributed by atoms with Gasteiger partial charge in [-0.1, -0.05) is 40.2 Å². The Balaban J connectivity index is 1.11. The maximum atomic E-state index is 10.6. The van der Waals surface area contributed by atoms with E-state index in [1.807, 2.05) is 12.1 Å². The summed E-state index contributed by atoms with van der Waals surface area (Å²) in [4.78, 5) is 19.0. The first-order chi connectivity index (χ1) is 19.4. The fourth-order valence-corrected chi connectivity index (χ4v) is 6.32. The molecule has 0 unspecified atom stereocenters. The lowest BCUT2D eigenvalue weighted by Crippen LogP contribution is -2.47. The van der Waals surface area contributed by atoms with Crippen molar-refractivity contribution in [1.29, 1.82) is 0 Å². The number of hydrogen-bond donors (Lipinski definition) is 1. The normalized spacial score (nSPS) is 23.6. The second-order valence-corrected chi connectivity index (χ2v) is 11.9. The molecule has 0 aliphatic heterocycles. The summed E-state index contributed by atoms with van der Waals surface area (Å²) in [5.41, 5.74) is 3.57. The monoisotopic (exact) mass is 581 g/mol. The van der Waals surface area contributed by atoms with Gasteiger partial charge in [0.05, 0.1) is 34.6 Å². The van der Waals surface area contributed by atoms with E-state index in [1.165, 1.54) is 0 Å². The molecule has 0 amide bonds. The second kappa shape index (κ2) is 11.1. The Morgan fingerprint density at radius 1 is 1.05 bits per heavy atom. The Morgan fingerprint density at radius 3 is 2.40 bits per heavy atom. The SMILES string of the molecule is O=C(O)COCc1ccc(C#CC23CCC(OCc4c(-c5c(Cl)cncc5Cl)noc4C4CC4)(CC2)CC3)cn1. The van der Waals surface area contributed by atoms with Gasteiger partial charge in [0.25, 0.3) is 0 Å². The van der Waals surface area contributed by atoms with Crippen LogP contribution in [-0.4, -0.2) is 38.4 Å². The van der Waals surface area contributed by atoms with Crippen LogP contribution in [0.4, 0.5) is 0 Å². The summed E-state index contributed by atoms with van der Waals surface area (Å²) < 4.78 is 17.6. The maximum absolute atomic E-state index is 10.6. The number of carboxylic acids is 1. The van der Waals surface area contributed by atoms with E-state index in [4.69, 9.17) is 42.3 Å². The van der Waals surface area contributed by atoms with Crippen LogP contribution < -0.4 is 0 Å². The van der Waals surface area contributed by atoms with E-state index in [1.54, 1.807) is 18.6 Å². The van der Waals surface area contributed by atoms with Gasteiger partial charge in [0.2, 0.25) is 0 Å². The molecule has 3 aromatic rings. The summed E-state index contributed by atoms with van der Waals surface area (Å²) in [5, 5.41) is 13.9. The highest BCUT2D eigenvalue weighted by Crippen LogP contribution is 2.54. The second-order valence-electron chi connectivity index (χ2n) is 11.1. The first-order valence-electron chi connectivity index (χ1n) is 13.5. The van der Waals surface area contributed by atoms with Gasteiger partial charge >= 0.3 is 5.97 Å². The number of carboxylic acid groups (broad SMARTS) is 1. The zero-order valence-corrected chi connectivity index (χ0v) is 23.4. The maximum Gasteiger partial charge on any atom is 0.329 e. The summed E-state index contributed by atoms with van der Waals surface area (Å²) >= 11 is 12.9. The number of ether oxygens (including phenoxy) is 2. The number of aliphatic carboxylic acids is 1. The van der Waals surface area contributed by atoms with Crippen molar-refractivity contribution in [2.24, 2.45) is 5.41 Å². The van der Waals surface area contributed by atoms with Gasteiger partial charge < -0.3 is 19.1 Å². The predicted octanol–water partition coefficient (Wildman–Crippen LogP) is 6.58. The number of aromatic nitrogens is 3. The zero-order chi connectivity index (χ0) is 27.7. The third kappa shape index (κ3) is 5.75. The van der Waals surface area contributed by atoms with Crippen molar-refractivity contribution >= 4 is 29.2 Å². The van der Waals surface area contributed by atoms with E-state index in [0.717, 1.165) is 68.3 Å². The number of fused-ring (bicyclic) bond motifs is 3. The number of halogens is 2. The van der Waals surface area contributed by atoms with Crippen LogP contribution in [0.5, 0.6) is 0 Å². The lowest BCUT2D eigenvalue weighted by atomic mass is 9.59. The van der Waals surface area contributed by atoms with Gasteiger partial charge in [0.15, 0.2) is 0 Å². The third-order valence-corrected chi connectivity index (χ3v) is 8.90. The van der Waals surface area contributed by atoms with E-state index in [0.29, 0.717) is 39.5 Å². The summed E-state index contributed by atoms with van der Waals surface area (Å²) in [6.07, 6.45) is 12.9. The molecule has 4 fully saturated rings. The van der Waals surface area contributed by atoms with Gasteiger partial charge in [-0.25, -0.2) is 4.79 Å². The van der Waals surface area contributed by atoms with Gasteiger partial charge in [0.1, 0.15) is 18.1 Å².